The van der Waals surface area contributed by atoms with Crippen molar-refractivity contribution in [2.45, 2.75) is 36.8 Å². The molecular formula is C38H36N4S. The Morgan fingerprint density at radius 3 is 2.16 bits per heavy atom. The minimum absolute atomic E-state index is 0.0760. The third-order valence-corrected chi connectivity index (χ3v) is 10.7. The van der Waals surface area contributed by atoms with Crippen molar-refractivity contribution in [3.63, 3.8) is 0 Å². The van der Waals surface area contributed by atoms with E-state index >= 15 is 0 Å². The summed E-state index contributed by atoms with van der Waals surface area (Å²) in [6.45, 7) is 5.66. The number of hydrogen-bond acceptors (Lipinski definition) is 5. The molecular weight excluding hydrogens is 545 g/mol. The van der Waals surface area contributed by atoms with Crippen LogP contribution in [-0.4, -0.2) is 18.5 Å². The molecule has 3 heterocycles. The summed E-state index contributed by atoms with van der Waals surface area (Å²) in [7, 11) is 2.24. The Morgan fingerprint density at radius 2 is 1.44 bits per heavy atom. The van der Waals surface area contributed by atoms with Crippen LogP contribution in [0.15, 0.2) is 132 Å². The van der Waals surface area contributed by atoms with Crippen molar-refractivity contribution in [2.24, 2.45) is 0 Å². The molecule has 0 radical (unpaired) electrons. The Labute approximate surface area is 258 Å². The second-order valence-corrected chi connectivity index (χ2v) is 13.5. The first-order chi connectivity index (χ1) is 21.0. The van der Waals surface area contributed by atoms with Gasteiger partial charge in [0.25, 0.3) is 0 Å². The summed E-state index contributed by atoms with van der Waals surface area (Å²) in [6, 6.07) is 38.1. The van der Waals surface area contributed by atoms with Gasteiger partial charge < -0.3 is 15.5 Å². The lowest BCUT2D eigenvalue weighted by atomic mass is 9.76. The minimum atomic E-state index is -0.0836. The van der Waals surface area contributed by atoms with Crippen molar-refractivity contribution in [3.05, 3.63) is 159 Å². The topological polar surface area (TPSA) is 39.3 Å². The smallest absolute Gasteiger partial charge is 0.106 e. The molecule has 214 valence electrons. The molecule has 3 atom stereocenters. The van der Waals surface area contributed by atoms with Gasteiger partial charge in [0.05, 0.1) is 16.8 Å². The van der Waals surface area contributed by atoms with Gasteiger partial charge in [-0.1, -0.05) is 135 Å². The fourth-order valence-corrected chi connectivity index (χ4v) is 8.41. The quantitative estimate of drug-likeness (QED) is 0.228. The fraction of sp³-hybridized carbons (Fsp3) is 0.211. The lowest BCUT2D eigenvalue weighted by Crippen LogP contribution is -2.44. The van der Waals surface area contributed by atoms with Gasteiger partial charge in [-0.25, -0.2) is 0 Å². The Balaban J connectivity index is 1.11. The van der Waals surface area contributed by atoms with Gasteiger partial charge in [-0.05, 0) is 45.0 Å². The fourth-order valence-electron chi connectivity index (χ4n) is 7.27. The van der Waals surface area contributed by atoms with Crippen LogP contribution in [0, 0.1) is 0 Å². The van der Waals surface area contributed by atoms with E-state index in [0.29, 0.717) is 0 Å². The molecule has 0 saturated carbocycles. The molecule has 0 saturated heterocycles. The Morgan fingerprint density at radius 1 is 0.767 bits per heavy atom. The van der Waals surface area contributed by atoms with Gasteiger partial charge in [0.1, 0.15) is 11.5 Å². The lowest BCUT2D eigenvalue weighted by molar-refractivity contribution is 0.248. The molecule has 43 heavy (non-hydrogen) atoms. The number of fused-ring (bicyclic) bond motifs is 2. The summed E-state index contributed by atoms with van der Waals surface area (Å²) in [5, 5.41) is 12.7. The molecule has 0 spiro atoms. The third-order valence-electron chi connectivity index (χ3n) is 9.48. The number of dihydropyridines is 1. The Kier molecular flexibility index (Phi) is 6.28. The van der Waals surface area contributed by atoms with Crippen molar-refractivity contribution in [3.8, 4) is 11.1 Å². The summed E-state index contributed by atoms with van der Waals surface area (Å²) in [5.41, 5.74) is 13.0. The monoisotopic (exact) mass is 580 g/mol. The van der Waals surface area contributed by atoms with Gasteiger partial charge in [0, 0.05) is 30.3 Å². The van der Waals surface area contributed by atoms with Crippen molar-refractivity contribution in [1.29, 1.82) is 0 Å². The second kappa shape index (κ2) is 10.2. The van der Waals surface area contributed by atoms with Gasteiger partial charge in [-0.2, -0.15) is 0 Å². The zero-order chi connectivity index (χ0) is 29.1. The lowest BCUT2D eigenvalue weighted by Gasteiger charge is -2.44. The number of nitrogens with one attached hydrogen (secondary N) is 3. The molecule has 3 N–H and O–H groups in total. The maximum absolute atomic E-state index is 4.06. The number of allylic oxidation sites excluding steroid dienone is 1. The first-order valence-electron chi connectivity index (χ1n) is 15.2. The second-order valence-electron chi connectivity index (χ2n) is 12.4. The number of hydrogen-bond donors (Lipinski definition) is 3. The molecule has 3 aliphatic heterocycles. The van der Waals surface area contributed by atoms with Crippen molar-refractivity contribution >= 4 is 17.5 Å². The maximum Gasteiger partial charge on any atom is 0.106 e. The summed E-state index contributed by atoms with van der Waals surface area (Å²) >= 11 is 1.86. The number of benzene rings is 4. The number of rotatable bonds is 4. The van der Waals surface area contributed by atoms with E-state index < -0.39 is 0 Å². The van der Waals surface area contributed by atoms with Crippen LogP contribution >= 0.6 is 11.8 Å². The van der Waals surface area contributed by atoms with Crippen LogP contribution in [0.1, 0.15) is 59.2 Å². The molecule has 3 unspecified atom stereocenters. The molecule has 0 amide bonds. The molecule has 4 aromatic carbocycles. The Hall–Kier alpha value is -4.19. The van der Waals surface area contributed by atoms with E-state index in [4.69, 9.17) is 0 Å². The van der Waals surface area contributed by atoms with Crippen LogP contribution < -0.4 is 16.0 Å². The van der Waals surface area contributed by atoms with Gasteiger partial charge in [-0.3, -0.25) is 5.32 Å². The van der Waals surface area contributed by atoms with E-state index in [1.165, 1.54) is 60.9 Å². The molecule has 1 aliphatic carbocycles. The van der Waals surface area contributed by atoms with E-state index in [9.17, 15) is 0 Å². The van der Waals surface area contributed by atoms with Gasteiger partial charge in [0.2, 0.25) is 0 Å². The third kappa shape index (κ3) is 4.33. The van der Waals surface area contributed by atoms with Crippen molar-refractivity contribution < 1.29 is 0 Å². The highest BCUT2D eigenvalue weighted by Crippen LogP contribution is 2.55. The van der Waals surface area contributed by atoms with Gasteiger partial charge in [0.15, 0.2) is 0 Å². The largest absolute Gasteiger partial charge is 0.375 e. The summed E-state index contributed by atoms with van der Waals surface area (Å²) in [6.07, 6.45) is 4.42. The molecule has 4 aromatic rings. The van der Waals surface area contributed by atoms with Crippen molar-refractivity contribution in [2.75, 3.05) is 13.6 Å². The Bertz CT molecular complexity index is 1780. The molecule has 0 bridgehead atoms. The average Bonchev–Trinajstić information content (AvgIpc) is 3.59. The highest BCUT2D eigenvalue weighted by atomic mass is 32.2. The van der Waals surface area contributed by atoms with E-state index in [2.05, 4.69) is 157 Å². The zero-order valence-corrected chi connectivity index (χ0v) is 25.6. The first kappa shape index (κ1) is 26.4. The van der Waals surface area contributed by atoms with Crippen LogP contribution in [0.2, 0.25) is 0 Å². The summed E-state index contributed by atoms with van der Waals surface area (Å²) in [5.74, 6) is 0. The van der Waals surface area contributed by atoms with Crippen LogP contribution in [0.25, 0.3) is 16.8 Å². The van der Waals surface area contributed by atoms with Crippen LogP contribution in [-0.2, 0) is 5.41 Å². The average molecular weight is 581 g/mol. The zero-order valence-electron chi connectivity index (χ0n) is 24.8. The van der Waals surface area contributed by atoms with E-state index in [0.717, 1.165) is 6.54 Å². The number of nitrogens with zero attached hydrogens (tertiary/aromatic N) is 1. The molecule has 5 heteroatoms. The van der Waals surface area contributed by atoms with Crippen LogP contribution in [0.4, 0.5) is 0 Å². The van der Waals surface area contributed by atoms with E-state index in [1.54, 1.807) is 0 Å². The normalized spacial score (nSPS) is 23.4. The maximum atomic E-state index is 4.06. The minimum Gasteiger partial charge on any atom is -0.375 e. The van der Waals surface area contributed by atoms with Crippen LogP contribution in [0.3, 0.4) is 0 Å². The summed E-state index contributed by atoms with van der Waals surface area (Å²) in [4.78, 5) is 2.44. The van der Waals surface area contributed by atoms with Gasteiger partial charge >= 0.3 is 0 Å². The molecule has 0 fully saturated rings. The number of thioether (sulfide) groups is 1. The van der Waals surface area contributed by atoms with Crippen molar-refractivity contribution in [1.82, 2.24) is 20.9 Å². The predicted octanol–water partition coefficient (Wildman–Crippen LogP) is 7.99. The first-order valence-corrected chi connectivity index (χ1v) is 16.0. The molecule has 4 aliphatic rings. The SMILES string of the molecule is CN1C2=C(C(c3ccc(-c4ccc(C5NC6=C(NCC=C6)S5)cc4)cc3)NC1c1ccccc1)C(C)(C)c1ccccc12. The van der Waals surface area contributed by atoms with E-state index in [-0.39, 0.29) is 23.0 Å². The van der Waals surface area contributed by atoms with E-state index in [1.807, 2.05) is 11.8 Å². The molecule has 8 rings (SSSR count). The highest BCUT2D eigenvalue weighted by molar-refractivity contribution is 8.03. The van der Waals surface area contributed by atoms with Gasteiger partial charge in [-0.15, -0.1) is 0 Å². The summed E-state index contributed by atoms with van der Waals surface area (Å²) < 4.78 is 0. The van der Waals surface area contributed by atoms with Crippen LogP contribution in [0.5, 0.6) is 0 Å². The highest BCUT2D eigenvalue weighted by Gasteiger charge is 2.47. The standard InChI is InChI=1S/C38H36N4S/c1-38(2)30-13-8-7-12-29(30)34-32(38)33(41-35(42(34)3)27-10-5-4-6-11-27)26-19-15-24(16-20-26)25-17-21-28(22-18-25)36-40-31-14-9-23-39-37(31)43-36/h4-22,33,35-36,39-41H,23H2,1-3H3. The predicted molar refractivity (Wildman–Crippen MR) is 179 cm³/mol. The molecule has 4 nitrogen and oxygen atoms in total. The molecule has 0 aromatic heterocycles.